The number of ether oxygens (including phenoxy) is 8. The molecule has 0 aromatic carbocycles. The summed E-state index contributed by atoms with van der Waals surface area (Å²) in [5.74, 6) is 4.15. The molecule has 0 bridgehead atoms. The number of carbonyl (C=O) groups excluding carboxylic acids is 6. The molecule has 18 N–H and O–H groups in total. The molecular formula is C56H96N8O22. The predicted octanol–water partition coefficient (Wildman–Crippen LogP) is -2.05. The first-order chi connectivity index (χ1) is 39.6. The van der Waals surface area contributed by atoms with E-state index in [2.05, 4.69) is 43.7 Å². The number of rotatable bonds is 18. The van der Waals surface area contributed by atoms with Crippen LogP contribution in [-0.2, 0) is 47.5 Å². The molecule has 20 atom stereocenters. The highest BCUT2D eigenvalue weighted by atomic mass is 16.7. The van der Waals surface area contributed by atoms with E-state index in [-0.39, 0.29) is 44.7 Å². The molecule has 2 saturated heterocycles. The van der Waals surface area contributed by atoms with Crippen molar-refractivity contribution >= 4 is 36.2 Å². The molecule has 0 radical (unpaired) electrons. The molecular weight excluding hydrogens is 1140 g/mol. The Balaban J connectivity index is 0.000000474. The molecule has 0 aromatic rings. The van der Waals surface area contributed by atoms with Gasteiger partial charge in [0.05, 0.1) is 18.2 Å². The van der Waals surface area contributed by atoms with Gasteiger partial charge in [0.1, 0.15) is 102 Å². The van der Waals surface area contributed by atoms with Gasteiger partial charge < -0.3 is 122 Å². The van der Waals surface area contributed by atoms with Crippen molar-refractivity contribution in [2.24, 2.45) is 11.5 Å². The van der Waals surface area contributed by atoms with Gasteiger partial charge in [-0.15, -0.1) is 24.7 Å². The molecule has 86 heavy (non-hydrogen) atoms. The van der Waals surface area contributed by atoms with E-state index in [0.29, 0.717) is 25.7 Å². The predicted molar refractivity (Wildman–Crippen MR) is 304 cm³/mol. The van der Waals surface area contributed by atoms with Crippen molar-refractivity contribution in [3.63, 3.8) is 0 Å². The molecule has 30 heteroatoms. The summed E-state index contributed by atoms with van der Waals surface area (Å²) in [6.45, 7) is 19.1. The minimum absolute atomic E-state index is 0.0982. The van der Waals surface area contributed by atoms with Crippen molar-refractivity contribution < 1.29 is 108 Å². The van der Waals surface area contributed by atoms with E-state index in [0.717, 1.165) is 0 Å². The van der Waals surface area contributed by atoms with E-state index in [4.69, 9.17) is 62.2 Å². The SMILES string of the molecule is C#CCCCC(=O)NCC1O[C@H](O[C@@H]2C(N)C[C@@H](N)C(O)[C@H]2O)C(NC(=O)OC(C)(C)C)[C@@H](O)[C@@H]1O.C#CCCCC(=O)NCC1O[C@H](O[C@@H]2C(NC(=O)OC(C)(C)C)C[C@H](NC(=O)OC(C)(C)C)C(O)[C@H]2O)C(NC(=O)OC(C)(C)C)[C@@H](O)[C@@H]1O. The fraction of sp³-hybridized carbons (Fsp3) is 0.821. The van der Waals surface area contributed by atoms with Crippen molar-refractivity contribution in [1.82, 2.24) is 31.9 Å². The Bertz CT molecular complexity index is 2300. The molecule has 2 aliphatic heterocycles. The summed E-state index contributed by atoms with van der Waals surface area (Å²) in [5, 5.41) is 102. The minimum Gasteiger partial charge on any atom is -0.444 e. The number of amides is 6. The lowest BCUT2D eigenvalue weighted by Gasteiger charge is -2.48. The van der Waals surface area contributed by atoms with Crippen molar-refractivity contribution in [3.05, 3.63) is 0 Å². The van der Waals surface area contributed by atoms with Gasteiger partial charge in [-0.3, -0.25) is 9.59 Å². The van der Waals surface area contributed by atoms with E-state index >= 15 is 0 Å². The first-order valence-electron chi connectivity index (χ1n) is 28.6. The maximum Gasteiger partial charge on any atom is 0.408 e. The molecule has 2 saturated carbocycles. The van der Waals surface area contributed by atoms with Crippen LogP contribution in [0.2, 0.25) is 0 Å². The quantitative estimate of drug-likeness (QED) is 0.0399. The molecule has 4 aliphatic rings. The van der Waals surface area contributed by atoms with Crippen molar-refractivity contribution in [2.45, 2.75) is 279 Å². The van der Waals surface area contributed by atoms with E-state index in [1.165, 1.54) is 0 Å². The van der Waals surface area contributed by atoms with Crippen molar-refractivity contribution in [2.75, 3.05) is 13.1 Å². The summed E-state index contributed by atoms with van der Waals surface area (Å²) in [6, 6.07) is -6.76. The monoisotopic (exact) mass is 1230 g/mol. The zero-order chi connectivity index (χ0) is 65.4. The molecule has 2 aliphatic carbocycles. The highest BCUT2D eigenvalue weighted by Gasteiger charge is 2.53. The molecule has 0 spiro atoms. The molecule has 492 valence electrons. The van der Waals surface area contributed by atoms with E-state index in [9.17, 15) is 69.6 Å². The van der Waals surface area contributed by atoms with Crippen LogP contribution in [0.15, 0.2) is 0 Å². The maximum atomic E-state index is 12.9. The van der Waals surface area contributed by atoms with Gasteiger partial charge in [0, 0.05) is 50.9 Å². The standard InChI is InChI=1S/C33H56N4O13.C23H40N4O9/c1-11-12-13-14-20(38)34-16-19-23(40)24(41)21(37-30(45)50-33(8,9)10)27(46-19)47-26-18(36-29(44)49-32(5,6)7)15-17(22(39)25(26)42)35-28(43)48-31(2,3)4;1-5-6-7-8-14(28)26-10-13-17(30)18(31)15(27-22(33)36-23(2,3)4)21(34-13)35-20-12(25)9-11(24)16(29)19(20)32/h1,17-19,21-27,39-42H,12-16H2,2-10H3,(H,34,38)(H,35,43)(H,36,44)(H,37,45);1,11-13,15-21,29-32H,6-10,24-25H2,2-4H3,(H,26,28)(H,27,33)/t17-,18?,19?,21?,22?,23+,24+,25+,26+,27+;11-,12?,13?,15?,16?,17-,18-,19-,20-,21-/m01/s1. The number of hydrogen-bond acceptors (Lipinski definition) is 24. The van der Waals surface area contributed by atoms with Gasteiger partial charge in [-0.25, -0.2) is 19.2 Å². The smallest absolute Gasteiger partial charge is 0.408 e. The Kier molecular flexibility index (Phi) is 28.5. The topological polar surface area (TPSA) is 462 Å². The Morgan fingerprint density at radius 1 is 0.465 bits per heavy atom. The number of unbranched alkanes of at least 4 members (excludes halogenated alkanes) is 2. The summed E-state index contributed by atoms with van der Waals surface area (Å²) in [7, 11) is 0. The van der Waals surface area contributed by atoms with Crippen molar-refractivity contribution in [3.8, 4) is 24.7 Å². The van der Waals surface area contributed by atoms with Gasteiger partial charge in [0.2, 0.25) is 11.8 Å². The number of carbonyl (C=O) groups is 6. The number of aliphatic hydroxyl groups excluding tert-OH is 8. The fourth-order valence-electron chi connectivity index (χ4n) is 9.31. The number of aliphatic hydroxyl groups is 8. The van der Waals surface area contributed by atoms with Crippen LogP contribution in [0, 0.1) is 24.7 Å². The second kappa shape index (κ2) is 32.7. The van der Waals surface area contributed by atoms with Crippen LogP contribution in [0.3, 0.4) is 0 Å². The number of nitrogens with one attached hydrogen (secondary N) is 6. The first kappa shape index (κ1) is 74.8. The molecule has 2 heterocycles. The van der Waals surface area contributed by atoms with Gasteiger partial charge in [0.25, 0.3) is 0 Å². The highest BCUT2D eigenvalue weighted by Crippen LogP contribution is 2.32. The van der Waals surface area contributed by atoms with E-state index < -0.39 is 175 Å². The van der Waals surface area contributed by atoms with E-state index in [1.807, 2.05) is 0 Å². The van der Waals surface area contributed by atoms with Gasteiger partial charge in [0.15, 0.2) is 12.6 Å². The lowest BCUT2D eigenvalue weighted by molar-refractivity contribution is -0.293. The van der Waals surface area contributed by atoms with E-state index in [1.54, 1.807) is 83.1 Å². The molecule has 4 rings (SSSR count). The van der Waals surface area contributed by atoms with Crippen LogP contribution >= 0.6 is 0 Å². The maximum absolute atomic E-state index is 12.9. The Labute approximate surface area is 502 Å². The Morgan fingerprint density at radius 3 is 1.19 bits per heavy atom. The summed E-state index contributed by atoms with van der Waals surface area (Å²) in [4.78, 5) is 75.2. The van der Waals surface area contributed by atoms with Gasteiger partial charge in [-0.1, -0.05) is 0 Å². The van der Waals surface area contributed by atoms with Gasteiger partial charge in [-0.2, -0.15) is 0 Å². The average Bonchev–Trinajstić information content (AvgIpc) is 0.966. The number of alkyl carbamates (subject to hydrolysis) is 4. The molecule has 0 aromatic heterocycles. The normalized spacial score (nSPS) is 33.1. The molecule has 6 amide bonds. The second-order valence-electron chi connectivity index (χ2n) is 25.6. The lowest BCUT2D eigenvalue weighted by atomic mass is 9.83. The average molecular weight is 1230 g/mol. The second-order valence-corrected chi connectivity index (χ2v) is 25.6. The van der Waals surface area contributed by atoms with Crippen molar-refractivity contribution in [1.29, 1.82) is 0 Å². The zero-order valence-corrected chi connectivity index (χ0v) is 51.2. The molecule has 4 fully saturated rings. The number of terminal acetylenes is 2. The fourth-order valence-corrected chi connectivity index (χ4v) is 9.31. The van der Waals surface area contributed by atoms with Crippen LogP contribution in [-0.4, -0.2) is 235 Å². The molecule has 30 nitrogen and oxygen atoms in total. The van der Waals surface area contributed by atoms with Gasteiger partial charge >= 0.3 is 24.4 Å². The summed E-state index contributed by atoms with van der Waals surface area (Å²) in [6.07, 6.45) is -12.4. The van der Waals surface area contributed by atoms with Crippen LogP contribution in [0.5, 0.6) is 0 Å². The largest absolute Gasteiger partial charge is 0.444 e. The van der Waals surface area contributed by atoms with Crippen LogP contribution in [0.1, 0.15) is 134 Å². The summed E-state index contributed by atoms with van der Waals surface area (Å²) in [5.41, 5.74) is 8.30. The third kappa shape index (κ3) is 24.6. The molecule has 8 unspecified atom stereocenters. The number of hydrogen-bond donors (Lipinski definition) is 16. The zero-order valence-electron chi connectivity index (χ0n) is 51.2. The summed E-state index contributed by atoms with van der Waals surface area (Å²) >= 11 is 0. The van der Waals surface area contributed by atoms with Crippen LogP contribution < -0.4 is 43.4 Å². The highest BCUT2D eigenvalue weighted by molar-refractivity contribution is 5.76. The lowest BCUT2D eigenvalue weighted by Crippen LogP contribution is -2.70. The third-order valence-corrected chi connectivity index (χ3v) is 13.3. The van der Waals surface area contributed by atoms with Crippen LogP contribution in [0.25, 0.3) is 0 Å². The first-order valence-corrected chi connectivity index (χ1v) is 28.6. The Morgan fingerprint density at radius 2 is 0.814 bits per heavy atom. The number of nitrogens with two attached hydrogens (primary N) is 2. The van der Waals surface area contributed by atoms with Gasteiger partial charge in [-0.05, 0) is 109 Å². The minimum atomic E-state index is -1.81. The van der Waals surface area contributed by atoms with Crippen LogP contribution in [0.4, 0.5) is 19.2 Å². The summed E-state index contributed by atoms with van der Waals surface area (Å²) < 4.78 is 45.0. The third-order valence-electron chi connectivity index (χ3n) is 13.3. The Hall–Kier alpha value is -5.42.